The molecular formula is C16H19N5O2S. The summed E-state index contributed by atoms with van der Waals surface area (Å²) in [4.78, 5) is 32.7. The molecule has 0 atom stereocenters. The Morgan fingerprint density at radius 2 is 2.17 bits per heavy atom. The Morgan fingerprint density at radius 3 is 2.88 bits per heavy atom. The van der Waals surface area contributed by atoms with Crippen LogP contribution in [0.15, 0.2) is 17.2 Å². The molecule has 0 spiro atoms. The zero-order chi connectivity index (χ0) is 16.8. The molecule has 0 unspecified atom stereocenters. The van der Waals surface area contributed by atoms with Gasteiger partial charge in [-0.3, -0.25) is 9.59 Å². The van der Waals surface area contributed by atoms with E-state index in [2.05, 4.69) is 14.3 Å². The fourth-order valence-corrected chi connectivity index (χ4v) is 4.04. The maximum absolute atomic E-state index is 12.6. The minimum atomic E-state index is -0.00718. The lowest BCUT2D eigenvalue weighted by Gasteiger charge is -2.39. The summed E-state index contributed by atoms with van der Waals surface area (Å²) in [6, 6.07) is 1.65. The van der Waals surface area contributed by atoms with E-state index >= 15 is 0 Å². The first-order valence-corrected chi connectivity index (χ1v) is 8.78. The van der Waals surface area contributed by atoms with Crippen molar-refractivity contribution in [2.75, 3.05) is 18.0 Å². The van der Waals surface area contributed by atoms with E-state index in [1.165, 1.54) is 11.5 Å². The number of anilines is 1. The lowest BCUT2D eigenvalue weighted by atomic mass is 9.96. The highest BCUT2D eigenvalue weighted by Crippen LogP contribution is 2.29. The van der Waals surface area contributed by atoms with E-state index in [4.69, 9.17) is 0 Å². The number of hydrogen-bond acceptors (Lipinski definition) is 6. The first-order valence-electron chi connectivity index (χ1n) is 8.00. The minimum Gasteiger partial charge on any atom is -0.346 e. The van der Waals surface area contributed by atoms with Crippen molar-refractivity contribution in [3.63, 3.8) is 0 Å². The molecule has 0 aromatic carbocycles. The van der Waals surface area contributed by atoms with Gasteiger partial charge in [0.25, 0.3) is 5.56 Å². The Kier molecular flexibility index (Phi) is 3.64. The van der Waals surface area contributed by atoms with Crippen LogP contribution in [0, 0.1) is 12.8 Å². The van der Waals surface area contributed by atoms with Gasteiger partial charge in [-0.1, -0.05) is 0 Å². The van der Waals surface area contributed by atoms with E-state index in [1.54, 1.807) is 24.0 Å². The zero-order valence-corrected chi connectivity index (χ0v) is 14.5. The number of pyridine rings is 1. The van der Waals surface area contributed by atoms with Crippen molar-refractivity contribution in [3.8, 4) is 0 Å². The van der Waals surface area contributed by atoms with Crippen LogP contribution in [-0.4, -0.2) is 37.8 Å². The van der Waals surface area contributed by atoms with Crippen LogP contribution >= 0.6 is 11.5 Å². The second kappa shape index (κ2) is 5.70. The second-order valence-electron chi connectivity index (χ2n) is 6.60. The van der Waals surface area contributed by atoms with Crippen LogP contribution in [0.25, 0.3) is 0 Å². The fourth-order valence-electron chi connectivity index (χ4n) is 3.49. The zero-order valence-electron chi connectivity index (χ0n) is 13.7. The molecule has 2 aliphatic heterocycles. The summed E-state index contributed by atoms with van der Waals surface area (Å²) in [5.74, 6) is 0.537. The van der Waals surface area contributed by atoms with Gasteiger partial charge in [-0.05, 0) is 18.1 Å². The molecule has 0 bridgehead atoms. The van der Waals surface area contributed by atoms with E-state index < -0.39 is 0 Å². The average molecular weight is 345 g/mol. The number of nitrogens with zero attached hydrogens (tertiary/aromatic N) is 5. The van der Waals surface area contributed by atoms with Gasteiger partial charge in [-0.15, -0.1) is 0 Å². The minimum absolute atomic E-state index is 0.00718. The highest BCUT2D eigenvalue weighted by atomic mass is 32.1. The van der Waals surface area contributed by atoms with Gasteiger partial charge in [0.15, 0.2) is 0 Å². The van der Waals surface area contributed by atoms with E-state index in [1.807, 2.05) is 11.8 Å². The molecule has 0 aliphatic carbocycles. The first-order chi connectivity index (χ1) is 11.5. The highest BCUT2D eigenvalue weighted by Gasteiger charge is 2.34. The van der Waals surface area contributed by atoms with E-state index in [0.717, 1.165) is 35.0 Å². The van der Waals surface area contributed by atoms with Crippen LogP contribution < -0.4 is 10.5 Å². The molecule has 1 amide bonds. The molecule has 7 nitrogen and oxygen atoms in total. The summed E-state index contributed by atoms with van der Waals surface area (Å²) in [7, 11) is 1.78. The third-order valence-corrected chi connectivity index (χ3v) is 5.71. The number of amides is 1. The summed E-state index contributed by atoms with van der Waals surface area (Å²) in [5, 5.41) is 0.929. The number of hydrogen-bond donors (Lipinski definition) is 0. The molecule has 8 heteroatoms. The van der Waals surface area contributed by atoms with Crippen LogP contribution in [0.5, 0.6) is 0 Å². The van der Waals surface area contributed by atoms with Gasteiger partial charge in [-0.25, -0.2) is 4.98 Å². The van der Waals surface area contributed by atoms with Crippen molar-refractivity contribution in [3.05, 3.63) is 39.6 Å². The first kappa shape index (κ1) is 15.3. The van der Waals surface area contributed by atoms with Crippen molar-refractivity contribution >= 4 is 22.6 Å². The predicted molar refractivity (Wildman–Crippen MR) is 90.9 cm³/mol. The van der Waals surface area contributed by atoms with Crippen molar-refractivity contribution in [1.82, 2.24) is 18.8 Å². The Labute approximate surface area is 143 Å². The lowest BCUT2D eigenvalue weighted by Crippen LogP contribution is -2.48. The normalized spacial score (nSPS) is 17.1. The monoisotopic (exact) mass is 345 g/mol. The van der Waals surface area contributed by atoms with E-state index in [0.29, 0.717) is 25.4 Å². The molecule has 1 fully saturated rings. The van der Waals surface area contributed by atoms with Crippen molar-refractivity contribution < 1.29 is 4.79 Å². The van der Waals surface area contributed by atoms with Crippen LogP contribution in [0.4, 0.5) is 5.13 Å². The molecule has 24 heavy (non-hydrogen) atoms. The molecule has 126 valence electrons. The van der Waals surface area contributed by atoms with Crippen LogP contribution in [0.3, 0.4) is 0 Å². The maximum Gasteiger partial charge on any atom is 0.250 e. The van der Waals surface area contributed by atoms with Crippen LogP contribution in [0.1, 0.15) is 23.2 Å². The summed E-state index contributed by atoms with van der Waals surface area (Å²) in [6.45, 7) is 4.81. The Bertz CT molecular complexity index is 839. The molecular weight excluding hydrogens is 326 g/mol. The lowest BCUT2D eigenvalue weighted by molar-refractivity contribution is -0.133. The van der Waals surface area contributed by atoms with Crippen LogP contribution in [0.2, 0.25) is 0 Å². The van der Waals surface area contributed by atoms with Gasteiger partial charge >= 0.3 is 0 Å². The summed E-state index contributed by atoms with van der Waals surface area (Å²) in [6.07, 6.45) is 2.11. The maximum atomic E-state index is 12.6. The topological polar surface area (TPSA) is 71.3 Å². The van der Waals surface area contributed by atoms with E-state index in [9.17, 15) is 9.59 Å². The predicted octanol–water partition coefficient (Wildman–Crippen LogP) is 0.914. The Balaban J connectivity index is 1.38. The third-order valence-electron chi connectivity index (χ3n) is 4.98. The van der Waals surface area contributed by atoms with Gasteiger partial charge in [0.1, 0.15) is 6.33 Å². The molecule has 2 aromatic heterocycles. The van der Waals surface area contributed by atoms with Gasteiger partial charge in [0.2, 0.25) is 11.0 Å². The molecule has 0 N–H and O–H groups in total. The van der Waals surface area contributed by atoms with Gasteiger partial charge < -0.3 is 14.4 Å². The van der Waals surface area contributed by atoms with Crippen LogP contribution in [-0.2, 0) is 24.9 Å². The standard InChI is InChI=1S/C16H19N5O2S/c1-10-3-14(22)19(2)13-8-20(7-12(10)13)15(23)4-11-5-21(6-11)16-17-9-18-24-16/h3,9,11H,4-8H2,1-2H3. The molecule has 2 aromatic rings. The number of carbonyl (C=O) groups excluding carboxylic acids is 1. The summed E-state index contributed by atoms with van der Waals surface area (Å²) in [5.41, 5.74) is 3.06. The smallest absolute Gasteiger partial charge is 0.250 e. The van der Waals surface area contributed by atoms with Crippen molar-refractivity contribution in [1.29, 1.82) is 0 Å². The molecule has 1 saturated heterocycles. The Hall–Kier alpha value is -2.22. The molecule has 2 aliphatic rings. The number of rotatable bonds is 3. The number of aryl methyl sites for hydroxylation is 1. The van der Waals surface area contributed by atoms with Crippen molar-refractivity contribution in [2.45, 2.75) is 26.4 Å². The van der Waals surface area contributed by atoms with Gasteiger partial charge in [0, 0.05) is 62.3 Å². The quantitative estimate of drug-likeness (QED) is 0.827. The molecule has 4 heterocycles. The largest absolute Gasteiger partial charge is 0.346 e. The molecule has 0 saturated carbocycles. The highest BCUT2D eigenvalue weighted by molar-refractivity contribution is 7.09. The molecule has 0 radical (unpaired) electrons. The fraction of sp³-hybridized carbons (Fsp3) is 0.500. The van der Waals surface area contributed by atoms with Gasteiger partial charge in [-0.2, -0.15) is 4.37 Å². The van der Waals surface area contributed by atoms with Crippen molar-refractivity contribution in [2.24, 2.45) is 13.0 Å². The van der Waals surface area contributed by atoms with Gasteiger partial charge in [0.05, 0.1) is 6.54 Å². The van der Waals surface area contributed by atoms with E-state index in [-0.39, 0.29) is 11.5 Å². The summed E-state index contributed by atoms with van der Waals surface area (Å²) >= 11 is 1.39. The molecule has 4 rings (SSSR count). The number of carbonyl (C=O) groups is 1. The third kappa shape index (κ3) is 2.50. The summed E-state index contributed by atoms with van der Waals surface area (Å²) < 4.78 is 5.67. The SMILES string of the molecule is Cc1cc(=O)n(C)c2c1CN(C(=O)CC1CN(c3ncns3)C1)C2. The number of fused-ring (bicyclic) bond motifs is 1. The number of aromatic nitrogens is 3. The second-order valence-corrected chi connectivity index (χ2v) is 7.36. The average Bonchev–Trinajstić information content (AvgIpc) is 3.17. The Morgan fingerprint density at radius 1 is 1.38 bits per heavy atom.